The Morgan fingerprint density at radius 2 is 2.13 bits per heavy atom. The van der Waals surface area contributed by atoms with Crippen LogP contribution in [0.1, 0.15) is 33.8 Å². The molecule has 3 unspecified atom stereocenters. The molecule has 2 rings (SSSR count). The third-order valence-corrected chi connectivity index (χ3v) is 5.89. The maximum absolute atomic E-state index is 11.9. The normalized spacial score (nSPS) is 24.7. The van der Waals surface area contributed by atoms with Crippen molar-refractivity contribution in [3.8, 4) is 0 Å². The highest BCUT2D eigenvalue weighted by Gasteiger charge is 2.31. The Labute approximate surface area is 146 Å². The van der Waals surface area contributed by atoms with Crippen molar-refractivity contribution in [2.45, 2.75) is 31.1 Å². The Morgan fingerprint density at radius 3 is 2.83 bits per heavy atom. The summed E-state index contributed by atoms with van der Waals surface area (Å²) in [6, 6.07) is 3.78. The molecule has 0 saturated carbocycles. The van der Waals surface area contributed by atoms with Gasteiger partial charge < -0.3 is 14.8 Å². The largest absolute Gasteiger partial charge is 0.469 e. The molecule has 1 N–H and O–H groups in total. The van der Waals surface area contributed by atoms with E-state index in [1.165, 1.54) is 30.4 Å². The van der Waals surface area contributed by atoms with Crippen molar-refractivity contribution < 1.29 is 19.1 Å². The number of thiol groups is 1. The zero-order valence-electron chi connectivity index (χ0n) is 13.4. The zero-order valence-corrected chi connectivity index (χ0v) is 15.1. The summed E-state index contributed by atoms with van der Waals surface area (Å²) in [6.07, 6.45) is 3.68. The number of hydrogen-bond donors (Lipinski definition) is 2. The third kappa shape index (κ3) is 4.96. The van der Waals surface area contributed by atoms with E-state index in [0.29, 0.717) is 10.8 Å². The van der Waals surface area contributed by atoms with E-state index in [4.69, 9.17) is 9.47 Å². The minimum atomic E-state index is -0.288. The molecule has 0 spiro atoms. The van der Waals surface area contributed by atoms with Crippen LogP contribution in [0.25, 0.3) is 0 Å². The SMILES string of the molecule is COC(=O)c1ccc(CCC2CCNC(S)C(C(=O)OC)C2)s1. The molecule has 0 aromatic carbocycles. The Bertz CT molecular complexity index is 546. The van der Waals surface area contributed by atoms with E-state index >= 15 is 0 Å². The minimum Gasteiger partial charge on any atom is -0.469 e. The molecule has 1 aromatic rings. The van der Waals surface area contributed by atoms with Crippen LogP contribution in [0.5, 0.6) is 0 Å². The molecule has 0 amide bonds. The van der Waals surface area contributed by atoms with Crippen molar-refractivity contribution in [3.63, 3.8) is 0 Å². The number of aryl methyl sites for hydroxylation is 1. The molecule has 3 atom stereocenters. The molecule has 128 valence electrons. The first kappa shape index (κ1) is 18.3. The Hall–Kier alpha value is -1.05. The lowest BCUT2D eigenvalue weighted by molar-refractivity contribution is -0.146. The van der Waals surface area contributed by atoms with Gasteiger partial charge in [-0.15, -0.1) is 11.3 Å². The molecule has 7 heteroatoms. The molecule has 1 aromatic heterocycles. The molecule has 2 heterocycles. The van der Waals surface area contributed by atoms with Crippen LogP contribution in [0.3, 0.4) is 0 Å². The van der Waals surface area contributed by atoms with E-state index in [9.17, 15) is 9.59 Å². The van der Waals surface area contributed by atoms with Crippen LogP contribution in [-0.4, -0.2) is 38.1 Å². The average molecular weight is 357 g/mol. The van der Waals surface area contributed by atoms with Crippen LogP contribution in [0.15, 0.2) is 12.1 Å². The molecule has 0 aliphatic carbocycles. The Kier molecular flexibility index (Phi) is 6.92. The molecule has 1 fully saturated rings. The van der Waals surface area contributed by atoms with Crippen molar-refractivity contribution in [3.05, 3.63) is 21.9 Å². The van der Waals surface area contributed by atoms with E-state index in [0.717, 1.165) is 32.2 Å². The van der Waals surface area contributed by atoms with Gasteiger partial charge in [-0.1, -0.05) is 0 Å². The lowest BCUT2D eigenvalue weighted by Gasteiger charge is -2.21. The molecule has 23 heavy (non-hydrogen) atoms. The summed E-state index contributed by atoms with van der Waals surface area (Å²) in [7, 11) is 2.81. The number of hydrogen-bond acceptors (Lipinski definition) is 7. The molecule has 1 aliphatic rings. The highest BCUT2D eigenvalue weighted by molar-refractivity contribution is 7.80. The van der Waals surface area contributed by atoms with Gasteiger partial charge in [-0.2, -0.15) is 12.6 Å². The molecule has 5 nitrogen and oxygen atoms in total. The second-order valence-electron chi connectivity index (χ2n) is 5.72. The standard InChI is InChI=1S/C16H23NO4S2/c1-20-15(18)12-9-10(7-8-17-14(12)22)3-4-11-5-6-13(23-11)16(19)21-2/h5-6,10,12,14,17,22H,3-4,7-9H2,1-2H3. The van der Waals surface area contributed by atoms with E-state index in [2.05, 4.69) is 17.9 Å². The van der Waals surface area contributed by atoms with Crippen molar-refractivity contribution >= 4 is 35.9 Å². The third-order valence-electron chi connectivity index (χ3n) is 4.23. The van der Waals surface area contributed by atoms with Gasteiger partial charge in [0.2, 0.25) is 0 Å². The van der Waals surface area contributed by atoms with Crippen molar-refractivity contribution in [2.24, 2.45) is 11.8 Å². The number of rotatable bonds is 5. The minimum absolute atomic E-state index is 0.153. The van der Waals surface area contributed by atoms with Gasteiger partial charge in [0.1, 0.15) is 4.88 Å². The monoisotopic (exact) mass is 357 g/mol. The number of ether oxygens (including phenoxy) is 2. The Balaban J connectivity index is 1.92. The van der Waals surface area contributed by atoms with E-state index < -0.39 is 0 Å². The fourth-order valence-corrected chi connectivity index (χ4v) is 4.20. The predicted molar refractivity (Wildman–Crippen MR) is 93.0 cm³/mol. The number of methoxy groups -OCH3 is 2. The zero-order chi connectivity index (χ0) is 16.8. The summed E-state index contributed by atoms with van der Waals surface area (Å²) in [5.41, 5.74) is 0. The van der Waals surface area contributed by atoms with E-state index in [1.54, 1.807) is 0 Å². The summed E-state index contributed by atoms with van der Waals surface area (Å²) >= 11 is 5.95. The quantitative estimate of drug-likeness (QED) is 0.626. The van der Waals surface area contributed by atoms with E-state index in [-0.39, 0.29) is 23.2 Å². The maximum Gasteiger partial charge on any atom is 0.348 e. The topological polar surface area (TPSA) is 64.6 Å². The summed E-state index contributed by atoms with van der Waals surface area (Å²) < 4.78 is 9.62. The smallest absolute Gasteiger partial charge is 0.348 e. The van der Waals surface area contributed by atoms with Gasteiger partial charge in [0, 0.05) is 4.88 Å². The number of carbonyl (C=O) groups is 2. The molecule has 1 saturated heterocycles. The van der Waals surface area contributed by atoms with Gasteiger partial charge in [-0.05, 0) is 50.3 Å². The lowest BCUT2D eigenvalue weighted by atomic mass is 9.89. The van der Waals surface area contributed by atoms with Crippen LogP contribution < -0.4 is 5.32 Å². The van der Waals surface area contributed by atoms with Crippen LogP contribution >= 0.6 is 24.0 Å². The summed E-state index contributed by atoms with van der Waals surface area (Å²) in [6.45, 7) is 0.851. The second kappa shape index (κ2) is 8.70. The van der Waals surface area contributed by atoms with Crippen molar-refractivity contribution in [2.75, 3.05) is 20.8 Å². The average Bonchev–Trinajstić information content (AvgIpc) is 2.96. The first-order valence-corrected chi connectivity index (χ1v) is 9.04. The molecule has 1 aliphatic heterocycles. The molecular weight excluding hydrogens is 334 g/mol. The van der Waals surface area contributed by atoms with Gasteiger partial charge in [0.25, 0.3) is 0 Å². The van der Waals surface area contributed by atoms with Crippen molar-refractivity contribution in [1.82, 2.24) is 5.32 Å². The first-order chi connectivity index (χ1) is 11.0. The van der Waals surface area contributed by atoms with Gasteiger partial charge in [0.05, 0.1) is 25.5 Å². The highest BCUT2D eigenvalue weighted by Crippen LogP contribution is 2.29. The van der Waals surface area contributed by atoms with Crippen LogP contribution in [0.2, 0.25) is 0 Å². The first-order valence-electron chi connectivity index (χ1n) is 7.71. The summed E-state index contributed by atoms with van der Waals surface area (Å²) in [5.74, 6) is -0.269. The molecule has 0 bridgehead atoms. The van der Waals surface area contributed by atoms with Gasteiger partial charge in [-0.25, -0.2) is 4.79 Å². The van der Waals surface area contributed by atoms with Crippen molar-refractivity contribution in [1.29, 1.82) is 0 Å². The second-order valence-corrected chi connectivity index (χ2v) is 7.44. The van der Waals surface area contributed by atoms with Gasteiger partial charge in [-0.3, -0.25) is 4.79 Å². The molecular formula is C16H23NO4S2. The molecule has 0 radical (unpaired) electrons. The van der Waals surface area contributed by atoms with E-state index in [1.807, 2.05) is 12.1 Å². The lowest BCUT2D eigenvalue weighted by Crippen LogP contribution is -2.35. The fourth-order valence-electron chi connectivity index (χ4n) is 2.89. The number of thiophene rings is 1. The number of carbonyl (C=O) groups excluding carboxylic acids is 2. The van der Waals surface area contributed by atoms with Crippen LogP contribution in [0, 0.1) is 11.8 Å². The number of esters is 2. The van der Waals surface area contributed by atoms with Crippen LogP contribution in [0.4, 0.5) is 0 Å². The summed E-state index contributed by atoms with van der Waals surface area (Å²) in [5, 5.41) is 3.12. The Morgan fingerprint density at radius 1 is 1.35 bits per heavy atom. The van der Waals surface area contributed by atoms with Gasteiger partial charge >= 0.3 is 11.9 Å². The fraction of sp³-hybridized carbons (Fsp3) is 0.625. The maximum atomic E-state index is 11.9. The highest BCUT2D eigenvalue weighted by atomic mass is 32.1. The van der Waals surface area contributed by atoms with Gasteiger partial charge in [0.15, 0.2) is 0 Å². The van der Waals surface area contributed by atoms with Crippen LogP contribution in [-0.2, 0) is 20.7 Å². The number of nitrogens with one attached hydrogen (secondary N) is 1. The summed E-state index contributed by atoms with van der Waals surface area (Å²) in [4.78, 5) is 25.2. The predicted octanol–water partition coefficient (Wildman–Crippen LogP) is 2.51.